The zero-order valence-electron chi connectivity index (χ0n) is 14.8. The predicted molar refractivity (Wildman–Crippen MR) is 103 cm³/mol. The second-order valence-electron chi connectivity index (χ2n) is 6.15. The van der Waals surface area contributed by atoms with E-state index >= 15 is 0 Å². The number of anilines is 1. The first kappa shape index (κ1) is 18.6. The molecule has 0 bridgehead atoms. The summed E-state index contributed by atoms with van der Waals surface area (Å²) in [6.07, 6.45) is -1.07. The van der Waals surface area contributed by atoms with E-state index in [-0.39, 0.29) is 10.7 Å². The Morgan fingerprint density at radius 2 is 1.82 bits per heavy atom. The Hall–Kier alpha value is -2.77. The molecular weight excluding hydrogens is 407 g/mol. The van der Waals surface area contributed by atoms with Gasteiger partial charge in [-0.2, -0.15) is 0 Å². The Labute approximate surface area is 170 Å². The average Bonchev–Trinajstić information content (AvgIpc) is 3.23. The maximum Gasteiger partial charge on any atom is 0.279 e. The number of rotatable bonds is 4. The predicted octanol–water partition coefficient (Wildman–Crippen LogP) is 3.30. The summed E-state index contributed by atoms with van der Waals surface area (Å²) in [5, 5.41) is 4.57. The molecule has 7 nitrogen and oxygen atoms in total. The third-order valence-electron chi connectivity index (χ3n) is 4.65. The number of amides is 2. The first-order chi connectivity index (χ1) is 13.5. The van der Waals surface area contributed by atoms with Gasteiger partial charge in [0.25, 0.3) is 5.91 Å². The molecular formula is C19H14Cl2N2O5. The van der Waals surface area contributed by atoms with Crippen LogP contribution in [0.3, 0.4) is 0 Å². The van der Waals surface area contributed by atoms with Crippen LogP contribution in [0.4, 0.5) is 5.69 Å². The van der Waals surface area contributed by atoms with Crippen molar-refractivity contribution >= 4 is 46.4 Å². The van der Waals surface area contributed by atoms with Crippen LogP contribution in [0.5, 0.6) is 11.5 Å². The Morgan fingerprint density at radius 1 is 1.04 bits per heavy atom. The Bertz CT molecular complexity index is 1020. The lowest BCUT2D eigenvalue weighted by Gasteiger charge is -2.17. The Morgan fingerprint density at radius 3 is 2.54 bits per heavy atom. The quantitative estimate of drug-likeness (QED) is 0.709. The summed E-state index contributed by atoms with van der Waals surface area (Å²) in [6, 6.07) is 9.64. The number of methoxy groups -OCH3 is 2. The minimum atomic E-state index is -1.07. The summed E-state index contributed by atoms with van der Waals surface area (Å²) in [5.41, 5.74) is 1.06. The zero-order valence-corrected chi connectivity index (χ0v) is 16.3. The topological polar surface area (TPSA) is 77.4 Å². The molecule has 0 spiro atoms. The molecule has 2 aromatic rings. The maximum atomic E-state index is 13.1. The van der Waals surface area contributed by atoms with Gasteiger partial charge in [0.15, 0.2) is 0 Å². The van der Waals surface area contributed by atoms with Crippen LogP contribution in [0.2, 0.25) is 10.0 Å². The lowest BCUT2D eigenvalue weighted by atomic mass is 9.93. The third kappa shape index (κ3) is 2.78. The van der Waals surface area contributed by atoms with Crippen LogP contribution in [0.15, 0.2) is 41.6 Å². The summed E-state index contributed by atoms with van der Waals surface area (Å²) >= 11 is 12.2. The second kappa shape index (κ2) is 7.00. The fourth-order valence-electron chi connectivity index (χ4n) is 3.31. The number of nitrogens with zero attached hydrogens (tertiary/aromatic N) is 2. The number of carbonyl (C=O) groups is 2. The number of fused-ring (bicyclic) bond motifs is 1. The van der Waals surface area contributed by atoms with Gasteiger partial charge in [0.2, 0.25) is 12.0 Å². The minimum absolute atomic E-state index is 0.211. The number of carbonyl (C=O) groups excluding carboxylic acids is 2. The van der Waals surface area contributed by atoms with Gasteiger partial charge in [-0.05, 0) is 30.3 Å². The summed E-state index contributed by atoms with van der Waals surface area (Å²) in [7, 11) is 3.03. The van der Waals surface area contributed by atoms with Crippen LogP contribution in [-0.4, -0.2) is 37.8 Å². The molecule has 0 N–H and O–H groups in total. The average molecular weight is 421 g/mol. The fourth-order valence-corrected chi connectivity index (χ4v) is 3.67. The van der Waals surface area contributed by atoms with Crippen LogP contribution in [-0.2, 0) is 14.4 Å². The molecule has 9 heteroatoms. The van der Waals surface area contributed by atoms with Gasteiger partial charge in [0, 0.05) is 16.7 Å². The molecule has 2 amide bonds. The smallest absolute Gasteiger partial charge is 0.279 e. The highest BCUT2D eigenvalue weighted by Gasteiger charge is 2.56. The number of hydrogen-bond donors (Lipinski definition) is 0. The van der Waals surface area contributed by atoms with Gasteiger partial charge in [-0.15, -0.1) is 0 Å². The van der Waals surface area contributed by atoms with Crippen molar-refractivity contribution in [3.8, 4) is 11.5 Å². The van der Waals surface area contributed by atoms with E-state index in [1.165, 1.54) is 26.4 Å². The minimum Gasteiger partial charge on any atom is -0.497 e. The molecule has 4 rings (SSSR count). The van der Waals surface area contributed by atoms with Crippen LogP contribution in [0.1, 0.15) is 5.56 Å². The third-order valence-corrected chi connectivity index (χ3v) is 5.20. The highest BCUT2D eigenvalue weighted by atomic mass is 35.5. The monoisotopic (exact) mass is 420 g/mol. The molecule has 2 atom stereocenters. The Balaban J connectivity index is 1.74. The number of benzene rings is 2. The van der Waals surface area contributed by atoms with Gasteiger partial charge < -0.3 is 14.3 Å². The fraction of sp³-hybridized carbons (Fsp3) is 0.211. The van der Waals surface area contributed by atoms with E-state index in [2.05, 4.69) is 5.16 Å². The first-order valence-corrected chi connectivity index (χ1v) is 9.01. The summed E-state index contributed by atoms with van der Waals surface area (Å²) in [4.78, 5) is 32.3. The second-order valence-corrected chi connectivity index (χ2v) is 7.00. The number of halogens is 2. The number of ether oxygens (including phenoxy) is 2. The van der Waals surface area contributed by atoms with Crippen LogP contribution in [0.25, 0.3) is 0 Å². The molecule has 1 saturated heterocycles. The van der Waals surface area contributed by atoms with Crippen molar-refractivity contribution in [2.75, 3.05) is 19.1 Å². The van der Waals surface area contributed by atoms with E-state index in [0.29, 0.717) is 27.8 Å². The van der Waals surface area contributed by atoms with E-state index in [1.807, 2.05) is 0 Å². The van der Waals surface area contributed by atoms with Gasteiger partial charge >= 0.3 is 0 Å². The van der Waals surface area contributed by atoms with Crippen molar-refractivity contribution < 1.29 is 23.9 Å². The standard InChI is InChI=1S/C19H14Cl2N2O5/c1-26-10-4-5-11(14(8-10)27-2)16-15-17(28-22-16)19(25)23(18(15)24)13-7-9(20)3-6-12(13)21/h3-8,15,17H,1-2H3/t15-,17-/m1/s1. The van der Waals surface area contributed by atoms with Crippen LogP contribution >= 0.6 is 23.2 Å². The van der Waals surface area contributed by atoms with E-state index < -0.39 is 23.8 Å². The van der Waals surface area contributed by atoms with Crippen molar-refractivity contribution in [1.29, 1.82) is 0 Å². The van der Waals surface area contributed by atoms with Crippen molar-refractivity contribution in [3.63, 3.8) is 0 Å². The molecule has 0 unspecified atom stereocenters. The van der Waals surface area contributed by atoms with Crippen molar-refractivity contribution in [2.24, 2.45) is 11.1 Å². The van der Waals surface area contributed by atoms with E-state index in [1.54, 1.807) is 24.3 Å². The molecule has 2 aliphatic rings. The molecule has 2 aliphatic heterocycles. The molecule has 144 valence electrons. The van der Waals surface area contributed by atoms with Gasteiger partial charge in [-0.1, -0.05) is 28.4 Å². The molecule has 0 radical (unpaired) electrons. The Kier molecular flexibility index (Phi) is 4.64. The summed E-state index contributed by atoms with van der Waals surface area (Å²) in [5.74, 6) is -0.928. The molecule has 28 heavy (non-hydrogen) atoms. The maximum absolute atomic E-state index is 13.1. The molecule has 0 saturated carbocycles. The van der Waals surface area contributed by atoms with Gasteiger partial charge in [-0.3, -0.25) is 9.59 Å². The van der Waals surface area contributed by atoms with Gasteiger partial charge in [-0.25, -0.2) is 4.90 Å². The normalized spacial score (nSPS) is 20.7. The number of oxime groups is 1. The van der Waals surface area contributed by atoms with E-state index in [9.17, 15) is 9.59 Å². The van der Waals surface area contributed by atoms with Crippen molar-refractivity contribution in [1.82, 2.24) is 0 Å². The summed E-state index contributed by atoms with van der Waals surface area (Å²) in [6.45, 7) is 0. The van der Waals surface area contributed by atoms with E-state index in [0.717, 1.165) is 4.90 Å². The van der Waals surface area contributed by atoms with Gasteiger partial charge in [0.05, 0.1) is 24.9 Å². The van der Waals surface area contributed by atoms with Crippen molar-refractivity contribution in [2.45, 2.75) is 6.10 Å². The zero-order chi connectivity index (χ0) is 20.0. The largest absolute Gasteiger partial charge is 0.497 e. The number of hydrogen-bond acceptors (Lipinski definition) is 6. The molecule has 2 aromatic carbocycles. The summed E-state index contributed by atoms with van der Waals surface area (Å²) < 4.78 is 10.6. The molecule has 1 fully saturated rings. The van der Waals surface area contributed by atoms with E-state index in [4.69, 9.17) is 37.5 Å². The number of imide groups is 1. The highest BCUT2D eigenvalue weighted by Crippen LogP contribution is 2.40. The SMILES string of the molecule is COc1ccc(C2=NO[C@H]3C(=O)N(c4cc(Cl)ccc4Cl)C(=O)[C@H]23)c(OC)c1. The van der Waals surface area contributed by atoms with Gasteiger partial charge in [0.1, 0.15) is 23.1 Å². The molecule has 0 aliphatic carbocycles. The molecule has 0 aromatic heterocycles. The van der Waals surface area contributed by atoms with Crippen molar-refractivity contribution in [3.05, 3.63) is 52.0 Å². The van der Waals surface area contributed by atoms with Crippen LogP contribution < -0.4 is 14.4 Å². The molecule has 2 heterocycles. The van der Waals surface area contributed by atoms with Crippen LogP contribution in [0, 0.1) is 5.92 Å². The lowest BCUT2D eigenvalue weighted by molar-refractivity contribution is -0.126. The highest BCUT2D eigenvalue weighted by molar-refractivity contribution is 6.39. The first-order valence-electron chi connectivity index (χ1n) is 8.25. The lowest BCUT2D eigenvalue weighted by Crippen LogP contribution is -2.33.